The monoisotopic (exact) mass is 361 g/mol. The van der Waals surface area contributed by atoms with Gasteiger partial charge in [0.25, 0.3) is 5.91 Å². The average molecular weight is 362 g/mol. The Hall–Kier alpha value is -1.70. The van der Waals surface area contributed by atoms with E-state index in [0.717, 1.165) is 42.6 Å². The topological polar surface area (TPSA) is 36.4 Å². The number of anilines is 1. The first-order valence-corrected chi connectivity index (χ1v) is 10.1. The van der Waals surface area contributed by atoms with Crippen molar-refractivity contribution < 1.29 is 4.79 Å². The maximum atomic E-state index is 12.4. The van der Waals surface area contributed by atoms with Gasteiger partial charge in [0.15, 0.2) is 5.13 Å². The predicted octanol–water partition coefficient (Wildman–Crippen LogP) is 3.90. The fourth-order valence-electron chi connectivity index (χ4n) is 2.62. The molecule has 0 aliphatic carbocycles. The summed E-state index contributed by atoms with van der Waals surface area (Å²) in [5.41, 5.74) is 3.03. The molecule has 1 amide bonds. The molecule has 3 aromatic rings. The van der Waals surface area contributed by atoms with Crippen molar-refractivity contribution in [2.24, 2.45) is 0 Å². The molecule has 0 spiro atoms. The molecule has 23 heavy (non-hydrogen) atoms. The first kappa shape index (κ1) is 14.9. The molecule has 0 N–H and O–H groups in total. The van der Waals surface area contributed by atoms with Crippen LogP contribution in [0.25, 0.3) is 11.3 Å². The Morgan fingerprint density at radius 1 is 1.00 bits per heavy atom. The number of hydrogen-bond acceptors (Lipinski definition) is 6. The molecule has 1 saturated heterocycles. The van der Waals surface area contributed by atoms with Gasteiger partial charge < -0.3 is 9.80 Å². The average Bonchev–Trinajstić information content (AvgIpc) is 3.36. The highest BCUT2D eigenvalue weighted by Crippen LogP contribution is 2.29. The second-order valence-corrected chi connectivity index (χ2v) is 7.72. The van der Waals surface area contributed by atoms with Gasteiger partial charge in [-0.25, -0.2) is 4.98 Å². The number of amides is 1. The third-order valence-electron chi connectivity index (χ3n) is 3.91. The molecule has 4 heterocycles. The molecule has 0 atom stereocenters. The summed E-state index contributed by atoms with van der Waals surface area (Å²) in [6.07, 6.45) is 0. The van der Waals surface area contributed by atoms with Crippen molar-refractivity contribution in [3.8, 4) is 11.3 Å². The van der Waals surface area contributed by atoms with Gasteiger partial charge in [-0.1, -0.05) is 0 Å². The molecule has 3 aromatic heterocycles. The summed E-state index contributed by atoms with van der Waals surface area (Å²) < 4.78 is 0. The second-order valence-electron chi connectivity index (χ2n) is 5.32. The summed E-state index contributed by atoms with van der Waals surface area (Å²) in [6.45, 7) is 3.18. The SMILES string of the molecule is O=C(c1ccsc1)N1CCN(c2nc(-c3ccsc3)cs2)CC1. The van der Waals surface area contributed by atoms with E-state index in [1.165, 1.54) is 5.56 Å². The Bertz CT molecular complexity index is 771. The van der Waals surface area contributed by atoms with Crippen LogP contribution in [-0.2, 0) is 0 Å². The highest BCUT2D eigenvalue weighted by Gasteiger charge is 2.24. The minimum absolute atomic E-state index is 0.143. The fourth-order valence-corrected chi connectivity index (χ4v) is 4.79. The number of aromatic nitrogens is 1. The van der Waals surface area contributed by atoms with Crippen LogP contribution in [0, 0.1) is 0 Å². The summed E-state index contributed by atoms with van der Waals surface area (Å²) >= 11 is 4.93. The molecule has 1 aliphatic rings. The van der Waals surface area contributed by atoms with Crippen LogP contribution in [-0.4, -0.2) is 42.0 Å². The predicted molar refractivity (Wildman–Crippen MR) is 97.9 cm³/mol. The van der Waals surface area contributed by atoms with Crippen LogP contribution >= 0.6 is 34.0 Å². The lowest BCUT2D eigenvalue weighted by atomic mass is 10.2. The Labute approximate surface area is 146 Å². The van der Waals surface area contributed by atoms with E-state index in [0.29, 0.717) is 0 Å². The Morgan fingerprint density at radius 2 is 1.78 bits per heavy atom. The van der Waals surface area contributed by atoms with Crippen molar-refractivity contribution in [2.75, 3.05) is 31.1 Å². The van der Waals surface area contributed by atoms with Gasteiger partial charge in [-0.3, -0.25) is 4.79 Å². The molecule has 4 rings (SSSR count). The number of rotatable bonds is 3. The Morgan fingerprint density at radius 3 is 2.48 bits per heavy atom. The normalized spacial score (nSPS) is 15.1. The molecule has 0 aromatic carbocycles. The molecule has 0 radical (unpaired) electrons. The van der Waals surface area contributed by atoms with Crippen LogP contribution in [0.2, 0.25) is 0 Å². The van der Waals surface area contributed by atoms with Crippen molar-refractivity contribution in [3.05, 3.63) is 44.6 Å². The van der Waals surface area contributed by atoms with E-state index >= 15 is 0 Å². The largest absolute Gasteiger partial charge is 0.345 e. The smallest absolute Gasteiger partial charge is 0.254 e. The molecule has 118 valence electrons. The summed E-state index contributed by atoms with van der Waals surface area (Å²) in [4.78, 5) is 21.3. The third kappa shape index (κ3) is 3.04. The molecule has 0 saturated carbocycles. The van der Waals surface area contributed by atoms with E-state index < -0.39 is 0 Å². The van der Waals surface area contributed by atoms with Gasteiger partial charge in [-0.2, -0.15) is 22.7 Å². The van der Waals surface area contributed by atoms with Gasteiger partial charge in [0, 0.05) is 47.9 Å². The van der Waals surface area contributed by atoms with Crippen molar-refractivity contribution in [3.63, 3.8) is 0 Å². The lowest BCUT2D eigenvalue weighted by Gasteiger charge is -2.34. The minimum atomic E-state index is 0.143. The summed E-state index contributed by atoms with van der Waals surface area (Å²) in [5, 5.41) is 11.2. The Kier molecular flexibility index (Phi) is 4.15. The zero-order valence-electron chi connectivity index (χ0n) is 12.3. The van der Waals surface area contributed by atoms with Gasteiger partial charge >= 0.3 is 0 Å². The van der Waals surface area contributed by atoms with Crippen LogP contribution in [0.15, 0.2) is 39.0 Å². The lowest BCUT2D eigenvalue weighted by Crippen LogP contribution is -2.48. The quantitative estimate of drug-likeness (QED) is 0.710. The third-order valence-corrected chi connectivity index (χ3v) is 6.18. The highest BCUT2D eigenvalue weighted by atomic mass is 32.1. The fraction of sp³-hybridized carbons (Fsp3) is 0.250. The van der Waals surface area contributed by atoms with Crippen LogP contribution in [0.5, 0.6) is 0 Å². The molecule has 1 fully saturated rings. The number of thiazole rings is 1. The van der Waals surface area contributed by atoms with Gasteiger partial charge in [0.2, 0.25) is 0 Å². The molecular weight excluding hydrogens is 346 g/mol. The standard InChI is InChI=1S/C16H15N3OS3/c20-15(13-2-8-22-10-13)18-3-5-19(6-4-18)16-17-14(11-23-16)12-1-7-21-9-12/h1-2,7-11H,3-6H2. The van der Waals surface area contributed by atoms with Crippen LogP contribution in [0.4, 0.5) is 5.13 Å². The Balaban J connectivity index is 1.41. The molecular formula is C16H15N3OS3. The van der Waals surface area contributed by atoms with Crippen molar-refractivity contribution in [1.82, 2.24) is 9.88 Å². The van der Waals surface area contributed by atoms with Gasteiger partial charge in [-0.15, -0.1) is 11.3 Å². The zero-order valence-corrected chi connectivity index (χ0v) is 14.8. The van der Waals surface area contributed by atoms with E-state index in [1.54, 1.807) is 34.0 Å². The summed E-state index contributed by atoms with van der Waals surface area (Å²) in [6, 6.07) is 3.99. The van der Waals surface area contributed by atoms with E-state index in [-0.39, 0.29) is 5.91 Å². The van der Waals surface area contributed by atoms with E-state index in [2.05, 4.69) is 27.1 Å². The molecule has 7 heteroatoms. The summed E-state index contributed by atoms with van der Waals surface area (Å²) in [7, 11) is 0. The van der Waals surface area contributed by atoms with E-state index in [1.807, 2.05) is 21.7 Å². The number of piperazine rings is 1. The summed E-state index contributed by atoms with van der Waals surface area (Å²) in [5.74, 6) is 0.143. The minimum Gasteiger partial charge on any atom is -0.345 e. The molecule has 0 unspecified atom stereocenters. The highest BCUT2D eigenvalue weighted by molar-refractivity contribution is 7.14. The van der Waals surface area contributed by atoms with Gasteiger partial charge in [-0.05, 0) is 22.9 Å². The maximum Gasteiger partial charge on any atom is 0.254 e. The van der Waals surface area contributed by atoms with Gasteiger partial charge in [0.1, 0.15) is 0 Å². The van der Waals surface area contributed by atoms with E-state index in [9.17, 15) is 4.79 Å². The van der Waals surface area contributed by atoms with Crippen molar-refractivity contribution in [2.45, 2.75) is 0 Å². The van der Waals surface area contributed by atoms with Crippen molar-refractivity contribution in [1.29, 1.82) is 0 Å². The van der Waals surface area contributed by atoms with Crippen LogP contribution < -0.4 is 4.90 Å². The van der Waals surface area contributed by atoms with Crippen LogP contribution in [0.3, 0.4) is 0 Å². The second kappa shape index (κ2) is 6.43. The van der Waals surface area contributed by atoms with Crippen LogP contribution in [0.1, 0.15) is 10.4 Å². The van der Waals surface area contributed by atoms with E-state index in [4.69, 9.17) is 4.98 Å². The number of hydrogen-bond donors (Lipinski definition) is 0. The van der Waals surface area contributed by atoms with Crippen molar-refractivity contribution >= 4 is 45.0 Å². The lowest BCUT2D eigenvalue weighted by molar-refractivity contribution is 0.0747. The van der Waals surface area contributed by atoms with Gasteiger partial charge in [0.05, 0.1) is 11.3 Å². The maximum absolute atomic E-state index is 12.4. The first-order valence-electron chi connectivity index (χ1n) is 7.36. The number of carbonyl (C=O) groups is 1. The molecule has 1 aliphatic heterocycles. The number of carbonyl (C=O) groups excluding carboxylic acids is 1. The zero-order chi connectivity index (χ0) is 15.6. The number of thiophene rings is 2. The first-order chi connectivity index (χ1) is 11.3. The molecule has 4 nitrogen and oxygen atoms in total. The number of nitrogens with zero attached hydrogens (tertiary/aromatic N) is 3. The molecule has 0 bridgehead atoms.